The van der Waals surface area contributed by atoms with Gasteiger partial charge in [-0.1, -0.05) is 62.3 Å². The third-order valence-corrected chi connectivity index (χ3v) is 11.3. The molecule has 0 bridgehead atoms. The highest BCUT2D eigenvalue weighted by atomic mass is 32.2. The van der Waals surface area contributed by atoms with Crippen molar-refractivity contribution in [3.8, 4) is 0 Å². The fourth-order valence-corrected chi connectivity index (χ4v) is 7.78. The van der Waals surface area contributed by atoms with Crippen molar-refractivity contribution >= 4 is 45.0 Å². The Morgan fingerprint density at radius 2 is 1.52 bits per heavy atom. The smallest absolute Gasteiger partial charge is 0.408 e. The van der Waals surface area contributed by atoms with Crippen LogP contribution < -0.4 is 21.3 Å². The summed E-state index contributed by atoms with van der Waals surface area (Å²) in [5, 5.41) is 23.7. The highest BCUT2D eigenvalue weighted by Crippen LogP contribution is 2.18. The molecule has 0 fully saturated rings. The number of hydrogen-bond donors (Lipinski definition) is 5. The molecule has 5 N–H and O–H groups in total. The van der Waals surface area contributed by atoms with Gasteiger partial charge in [-0.3, -0.25) is 14.4 Å². The van der Waals surface area contributed by atoms with Gasteiger partial charge in [0.1, 0.15) is 23.7 Å². The topological polar surface area (TPSA) is 193 Å². The fraction of sp³-hybridized carbons (Fsp3) is 0.788. The molecule has 0 unspecified atom stereocenters. The van der Waals surface area contributed by atoms with Crippen molar-refractivity contribution in [2.75, 3.05) is 12.3 Å². The van der Waals surface area contributed by atoms with Gasteiger partial charge in [0.15, 0.2) is 9.84 Å². The number of ether oxygens (including phenoxy) is 1. The molecule has 5 atom stereocenters. The van der Waals surface area contributed by atoms with Gasteiger partial charge in [0.05, 0.1) is 23.1 Å². The van der Waals surface area contributed by atoms with Crippen LogP contribution >= 0.6 is 11.3 Å². The van der Waals surface area contributed by atoms with E-state index < -0.39 is 68.9 Å². The van der Waals surface area contributed by atoms with Crippen LogP contribution in [0, 0.1) is 30.6 Å². The number of aliphatic hydroxyl groups is 1. The van der Waals surface area contributed by atoms with Crippen molar-refractivity contribution in [3.05, 3.63) is 16.1 Å². The van der Waals surface area contributed by atoms with Crippen LogP contribution in [-0.4, -0.2) is 84.1 Å². The minimum Gasteiger partial charge on any atom is -0.442 e. The summed E-state index contributed by atoms with van der Waals surface area (Å²) >= 11 is 1.30. The Bertz CT molecular complexity index is 1280. The maximum absolute atomic E-state index is 13.7. The quantitative estimate of drug-likeness (QED) is 0.127. The van der Waals surface area contributed by atoms with Crippen LogP contribution in [0.2, 0.25) is 0 Å². The third kappa shape index (κ3) is 15.2. The highest BCUT2D eigenvalue weighted by molar-refractivity contribution is 7.92. The van der Waals surface area contributed by atoms with Crippen molar-refractivity contribution in [2.45, 2.75) is 131 Å². The number of aryl methyl sites for hydroxylation is 1. The monoisotopic (exact) mass is 717 g/mol. The normalized spacial score (nSPS) is 15.1. The van der Waals surface area contributed by atoms with Crippen LogP contribution in [0.1, 0.15) is 98.7 Å². The zero-order chi connectivity index (χ0) is 36.8. The molecule has 15 heteroatoms. The lowest BCUT2D eigenvalue weighted by molar-refractivity contribution is -0.132. The largest absolute Gasteiger partial charge is 0.442 e. The molecule has 0 aliphatic rings. The fourth-order valence-electron chi connectivity index (χ4n) is 5.11. The number of alkyl carbamates (subject to hydrolysis) is 1. The molecule has 276 valence electrons. The summed E-state index contributed by atoms with van der Waals surface area (Å²) in [5.41, 5.74) is 0.765. The highest BCUT2D eigenvalue weighted by Gasteiger charge is 2.35. The van der Waals surface area contributed by atoms with Gasteiger partial charge in [-0.25, -0.2) is 18.2 Å². The van der Waals surface area contributed by atoms with Crippen LogP contribution in [0.3, 0.4) is 0 Å². The first-order chi connectivity index (χ1) is 22.3. The second-order valence-electron chi connectivity index (χ2n) is 13.7. The summed E-state index contributed by atoms with van der Waals surface area (Å²) in [5.74, 6) is -2.81. The van der Waals surface area contributed by atoms with Crippen molar-refractivity contribution in [1.29, 1.82) is 0 Å². The first-order valence-electron chi connectivity index (χ1n) is 16.9. The second-order valence-corrected chi connectivity index (χ2v) is 17.0. The predicted octanol–water partition coefficient (Wildman–Crippen LogP) is 3.48. The molecule has 0 radical (unpaired) electrons. The van der Waals surface area contributed by atoms with Crippen molar-refractivity contribution in [3.63, 3.8) is 0 Å². The van der Waals surface area contributed by atoms with E-state index in [1.807, 2.05) is 41.5 Å². The summed E-state index contributed by atoms with van der Waals surface area (Å²) in [7, 11) is -3.81. The van der Waals surface area contributed by atoms with Crippen LogP contribution in [-0.2, 0) is 35.6 Å². The Kier molecular flexibility index (Phi) is 18.6. The summed E-state index contributed by atoms with van der Waals surface area (Å²) in [4.78, 5) is 56.6. The molecular weight excluding hydrogens is 659 g/mol. The lowest BCUT2D eigenvalue weighted by Crippen LogP contribution is -2.56. The molecule has 0 aliphatic carbocycles. The Morgan fingerprint density at radius 1 is 0.896 bits per heavy atom. The Balaban J connectivity index is 3.12. The maximum Gasteiger partial charge on any atom is 0.408 e. The SMILES string of the molecule is CCC(CC)S(=O)(=O)C[C@H](NC(=O)OCc1nc(C)cs1)C(=O)N[C@H](CC(C)C)[C@@H](O)C[C@@H](C)C(=O)N[C@@H](C(=O)NCC(C)C)C(C)C. The molecule has 13 nitrogen and oxygen atoms in total. The van der Waals surface area contributed by atoms with E-state index in [4.69, 9.17) is 4.74 Å². The number of rotatable bonds is 21. The molecule has 0 saturated heterocycles. The van der Waals surface area contributed by atoms with Crippen LogP contribution in [0.15, 0.2) is 5.38 Å². The number of nitrogens with one attached hydrogen (secondary N) is 4. The van der Waals surface area contributed by atoms with Gasteiger partial charge in [0.25, 0.3) is 0 Å². The number of thiazole rings is 1. The van der Waals surface area contributed by atoms with E-state index >= 15 is 0 Å². The van der Waals surface area contributed by atoms with E-state index in [2.05, 4.69) is 26.3 Å². The summed E-state index contributed by atoms with van der Waals surface area (Å²) < 4.78 is 31.7. The van der Waals surface area contributed by atoms with Gasteiger partial charge >= 0.3 is 6.09 Å². The summed E-state index contributed by atoms with van der Waals surface area (Å²) in [6.07, 6.45) is -1.22. The van der Waals surface area contributed by atoms with Crippen LogP contribution in [0.5, 0.6) is 0 Å². The minimum absolute atomic E-state index is 0.00970. The number of carbonyl (C=O) groups is 4. The lowest BCUT2D eigenvalue weighted by atomic mass is 9.91. The molecule has 0 aliphatic heterocycles. The third-order valence-electron chi connectivity index (χ3n) is 7.91. The van der Waals surface area contributed by atoms with Gasteiger partial charge in [-0.05, 0) is 50.4 Å². The number of carbonyl (C=O) groups excluding carboxylic acids is 4. The number of hydrogen-bond acceptors (Lipinski definition) is 10. The summed E-state index contributed by atoms with van der Waals surface area (Å²) in [6, 6.07) is -3.12. The van der Waals surface area contributed by atoms with Gasteiger partial charge < -0.3 is 31.1 Å². The van der Waals surface area contributed by atoms with Crippen LogP contribution in [0.4, 0.5) is 4.79 Å². The van der Waals surface area contributed by atoms with Crippen molar-refractivity contribution in [2.24, 2.45) is 23.7 Å². The Hall–Kier alpha value is -2.78. The molecule has 0 saturated carbocycles. The van der Waals surface area contributed by atoms with E-state index in [0.29, 0.717) is 30.8 Å². The average Bonchev–Trinajstić information content (AvgIpc) is 3.41. The number of sulfone groups is 1. The zero-order valence-electron chi connectivity index (χ0n) is 30.3. The van der Waals surface area contributed by atoms with Gasteiger partial charge in [0.2, 0.25) is 17.7 Å². The predicted molar refractivity (Wildman–Crippen MR) is 188 cm³/mol. The second kappa shape index (κ2) is 20.7. The average molecular weight is 718 g/mol. The number of nitrogens with zero attached hydrogens (tertiary/aromatic N) is 1. The molecule has 4 amide bonds. The minimum atomic E-state index is -3.81. The first-order valence-corrected chi connectivity index (χ1v) is 19.5. The van der Waals surface area contributed by atoms with E-state index in [0.717, 1.165) is 5.69 Å². The summed E-state index contributed by atoms with van der Waals surface area (Å²) in [6.45, 7) is 18.6. The molecule has 1 aromatic rings. The number of aliphatic hydroxyl groups excluding tert-OH is 1. The zero-order valence-corrected chi connectivity index (χ0v) is 31.9. The maximum atomic E-state index is 13.7. The van der Waals surface area contributed by atoms with Crippen LogP contribution in [0.25, 0.3) is 0 Å². The van der Waals surface area contributed by atoms with E-state index in [-0.39, 0.29) is 36.7 Å². The molecule has 48 heavy (non-hydrogen) atoms. The van der Waals surface area contributed by atoms with Gasteiger partial charge in [0, 0.05) is 23.5 Å². The first kappa shape index (κ1) is 43.2. The van der Waals surface area contributed by atoms with Crippen molar-refractivity contribution in [1.82, 2.24) is 26.3 Å². The molecular formula is C33H59N5O8S2. The Morgan fingerprint density at radius 3 is 2.02 bits per heavy atom. The number of amides is 4. The van der Waals surface area contributed by atoms with Gasteiger partial charge in [-0.2, -0.15) is 0 Å². The molecule has 0 aromatic carbocycles. The molecule has 0 spiro atoms. The van der Waals surface area contributed by atoms with E-state index in [1.165, 1.54) is 11.3 Å². The Labute approximate surface area is 291 Å². The standard InChI is InChI=1S/C33H59N5O8S2/c1-11-24(12-2)48(44,45)18-26(37-33(43)46-16-28-35-23(10)17-47-28)31(41)36-25(13-19(3)4)27(39)14-22(9)30(40)38-29(21(7)8)32(42)34-15-20(5)6/h17,19-22,24-27,29,39H,11-16,18H2,1-10H3,(H,34,42)(H,36,41)(H,37,43)(H,38,40)/t22-,25-,26+,27+,29-/m1/s1. The van der Waals surface area contributed by atoms with E-state index in [1.54, 1.807) is 33.1 Å². The molecule has 1 aromatic heterocycles. The lowest BCUT2D eigenvalue weighted by Gasteiger charge is -2.30. The molecule has 1 heterocycles. The van der Waals surface area contributed by atoms with Crippen molar-refractivity contribution < 1.29 is 37.4 Å². The van der Waals surface area contributed by atoms with Gasteiger partial charge in [-0.15, -0.1) is 11.3 Å². The molecule has 1 rings (SSSR count). The number of aromatic nitrogens is 1. The van der Waals surface area contributed by atoms with E-state index in [9.17, 15) is 32.7 Å².